The van der Waals surface area contributed by atoms with Gasteiger partial charge in [0.05, 0.1) is 11.5 Å². The minimum absolute atomic E-state index is 0.204. The average molecular weight is 343 g/mol. The van der Waals surface area contributed by atoms with Crippen LogP contribution in [0.4, 0.5) is 5.69 Å². The van der Waals surface area contributed by atoms with Crippen LogP contribution >= 0.6 is 15.9 Å². The van der Waals surface area contributed by atoms with Crippen LogP contribution in [0, 0.1) is 11.3 Å². The van der Waals surface area contributed by atoms with Crippen LogP contribution in [0.5, 0.6) is 0 Å². The van der Waals surface area contributed by atoms with Gasteiger partial charge in [0, 0.05) is 16.2 Å². The van der Waals surface area contributed by atoms with E-state index in [0.29, 0.717) is 0 Å². The summed E-state index contributed by atoms with van der Waals surface area (Å²) >= 11 is 3.58. The van der Waals surface area contributed by atoms with Gasteiger partial charge < -0.3 is 5.32 Å². The molecule has 0 amide bonds. The van der Waals surface area contributed by atoms with E-state index in [9.17, 15) is 5.26 Å². The summed E-state index contributed by atoms with van der Waals surface area (Å²) in [6, 6.07) is 18.8. The molecular weight excluding hydrogens is 324 g/mol. The first-order valence-corrected chi connectivity index (χ1v) is 7.76. The van der Waals surface area contributed by atoms with Crippen molar-refractivity contribution < 1.29 is 0 Å². The van der Waals surface area contributed by atoms with Crippen molar-refractivity contribution in [2.24, 2.45) is 0 Å². The molecule has 0 aliphatic heterocycles. The fourth-order valence-electron chi connectivity index (χ4n) is 2.20. The van der Waals surface area contributed by atoms with Gasteiger partial charge in [0.15, 0.2) is 0 Å². The standard InChI is InChI=1S/C18H19BrN2/c1-13(16-6-4-5-7-17(16)19)21-15-10-8-14(9-11-15)18(2,3)12-20/h4-11,13,21H,1-3H3. The van der Waals surface area contributed by atoms with Crippen LogP contribution in [0.3, 0.4) is 0 Å². The molecule has 1 unspecified atom stereocenters. The molecule has 0 saturated heterocycles. The molecule has 0 bridgehead atoms. The van der Waals surface area contributed by atoms with E-state index in [1.807, 2.05) is 56.3 Å². The molecule has 0 saturated carbocycles. The molecule has 1 N–H and O–H groups in total. The Morgan fingerprint density at radius 3 is 2.29 bits per heavy atom. The van der Waals surface area contributed by atoms with Crippen LogP contribution in [0.15, 0.2) is 53.0 Å². The van der Waals surface area contributed by atoms with Gasteiger partial charge in [-0.05, 0) is 50.1 Å². The summed E-state index contributed by atoms with van der Waals surface area (Å²) in [5.74, 6) is 0. The Balaban J connectivity index is 2.15. The van der Waals surface area contributed by atoms with Gasteiger partial charge in [0.25, 0.3) is 0 Å². The molecule has 1 atom stereocenters. The first-order valence-electron chi connectivity index (χ1n) is 6.97. The third kappa shape index (κ3) is 3.65. The molecule has 0 aliphatic rings. The molecule has 0 fully saturated rings. The maximum Gasteiger partial charge on any atom is 0.0766 e. The van der Waals surface area contributed by atoms with Crippen LogP contribution < -0.4 is 5.32 Å². The normalized spacial score (nSPS) is 12.5. The zero-order valence-corrected chi connectivity index (χ0v) is 14.1. The zero-order valence-electron chi connectivity index (χ0n) is 12.5. The van der Waals surface area contributed by atoms with Crippen molar-refractivity contribution in [3.63, 3.8) is 0 Å². The fourth-order valence-corrected chi connectivity index (χ4v) is 2.83. The van der Waals surface area contributed by atoms with Gasteiger partial charge in [0.2, 0.25) is 0 Å². The lowest BCUT2D eigenvalue weighted by Crippen LogP contribution is -2.14. The quantitative estimate of drug-likeness (QED) is 0.804. The summed E-state index contributed by atoms with van der Waals surface area (Å²) in [5, 5.41) is 12.7. The Morgan fingerprint density at radius 2 is 1.71 bits per heavy atom. The van der Waals surface area contributed by atoms with Gasteiger partial charge in [-0.1, -0.05) is 46.3 Å². The molecule has 3 heteroatoms. The van der Waals surface area contributed by atoms with Gasteiger partial charge in [-0.2, -0.15) is 5.26 Å². The molecule has 0 aromatic heterocycles. The zero-order chi connectivity index (χ0) is 15.5. The van der Waals surface area contributed by atoms with E-state index in [1.165, 1.54) is 5.56 Å². The molecule has 108 valence electrons. The Bertz CT molecular complexity index is 654. The molecule has 2 rings (SSSR count). The summed E-state index contributed by atoms with van der Waals surface area (Å²) in [5.41, 5.74) is 2.85. The van der Waals surface area contributed by atoms with Gasteiger partial charge in [0.1, 0.15) is 0 Å². The number of nitrogens with one attached hydrogen (secondary N) is 1. The number of anilines is 1. The van der Waals surface area contributed by atoms with E-state index in [4.69, 9.17) is 0 Å². The molecule has 0 heterocycles. The number of halogens is 1. The average Bonchev–Trinajstić information content (AvgIpc) is 2.48. The molecule has 2 aromatic rings. The van der Waals surface area contributed by atoms with Crippen LogP contribution in [-0.4, -0.2) is 0 Å². The summed E-state index contributed by atoms with van der Waals surface area (Å²) < 4.78 is 1.10. The first-order chi connectivity index (χ1) is 9.94. The highest BCUT2D eigenvalue weighted by atomic mass is 79.9. The third-order valence-corrected chi connectivity index (χ3v) is 4.36. The van der Waals surface area contributed by atoms with Gasteiger partial charge in [-0.15, -0.1) is 0 Å². The SMILES string of the molecule is CC(Nc1ccc(C(C)(C)C#N)cc1)c1ccccc1Br. The highest BCUT2D eigenvalue weighted by Crippen LogP contribution is 2.28. The van der Waals surface area contributed by atoms with E-state index in [1.54, 1.807) is 0 Å². The smallest absolute Gasteiger partial charge is 0.0766 e. The second-order valence-electron chi connectivity index (χ2n) is 5.70. The highest BCUT2D eigenvalue weighted by molar-refractivity contribution is 9.10. The predicted molar refractivity (Wildman–Crippen MR) is 91.3 cm³/mol. The van der Waals surface area contributed by atoms with Gasteiger partial charge in [-0.3, -0.25) is 0 Å². The summed E-state index contributed by atoms with van der Waals surface area (Å²) in [6.07, 6.45) is 0. The summed E-state index contributed by atoms with van der Waals surface area (Å²) in [7, 11) is 0. The lowest BCUT2D eigenvalue weighted by atomic mass is 9.86. The minimum Gasteiger partial charge on any atom is -0.378 e. The second kappa shape index (κ2) is 6.32. The number of rotatable bonds is 4. The Morgan fingerprint density at radius 1 is 1.10 bits per heavy atom. The third-order valence-electron chi connectivity index (χ3n) is 3.64. The lowest BCUT2D eigenvalue weighted by molar-refractivity contribution is 0.687. The topological polar surface area (TPSA) is 35.8 Å². The van der Waals surface area contributed by atoms with Crippen molar-refractivity contribution in [2.45, 2.75) is 32.2 Å². The van der Waals surface area contributed by atoms with Crippen LogP contribution in [0.25, 0.3) is 0 Å². The highest BCUT2D eigenvalue weighted by Gasteiger charge is 2.19. The Kier molecular flexibility index (Phi) is 4.69. The van der Waals surface area contributed by atoms with E-state index >= 15 is 0 Å². The first kappa shape index (κ1) is 15.6. The maximum absolute atomic E-state index is 9.17. The van der Waals surface area contributed by atoms with Gasteiger partial charge >= 0.3 is 0 Å². The van der Waals surface area contributed by atoms with Gasteiger partial charge in [-0.25, -0.2) is 0 Å². The van der Waals surface area contributed by atoms with E-state index in [2.05, 4.69) is 40.3 Å². The molecule has 0 aliphatic carbocycles. The number of benzene rings is 2. The van der Waals surface area contributed by atoms with Crippen molar-refractivity contribution in [1.82, 2.24) is 0 Å². The molecule has 0 spiro atoms. The van der Waals surface area contributed by atoms with Crippen LogP contribution in [0.1, 0.15) is 37.9 Å². The number of nitrogens with zero attached hydrogens (tertiary/aromatic N) is 1. The van der Waals surface area contributed by atoms with E-state index in [-0.39, 0.29) is 6.04 Å². The summed E-state index contributed by atoms with van der Waals surface area (Å²) in [4.78, 5) is 0. The van der Waals surface area contributed by atoms with Crippen LogP contribution in [-0.2, 0) is 5.41 Å². The number of nitriles is 1. The lowest BCUT2D eigenvalue weighted by Gasteiger charge is -2.19. The maximum atomic E-state index is 9.17. The van der Waals surface area contributed by atoms with Crippen molar-refractivity contribution in [1.29, 1.82) is 5.26 Å². The number of hydrogen-bond donors (Lipinski definition) is 1. The molecule has 2 aromatic carbocycles. The summed E-state index contributed by atoms with van der Waals surface area (Å²) in [6.45, 7) is 5.99. The fraction of sp³-hybridized carbons (Fsp3) is 0.278. The minimum atomic E-state index is -0.452. The second-order valence-corrected chi connectivity index (χ2v) is 6.56. The predicted octanol–water partition coefficient (Wildman–Crippen LogP) is 5.42. The van der Waals surface area contributed by atoms with Crippen molar-refractivity contribution in [3.05, 3.63) is 64.1 Å². The Hall–Kier alpha value is -1.79. The molecular formula is C18H19BrN2. The Labute approximate surface area is 134 Å². The van der Waals surface area contributed by atoms with E-state index < -0.39 is 5.41 Å². The largest absolute Gasteiger partial charge is 0.378 e. The molecule has 0 radical (unpaired) electrons. The van der Waals surface area contributed by atoms with Crippen molar-refractivity contribution in [2.75, 3.05) is 5.32 Å². The van der Waals surface area contributed by atoms with Crippen molar-refractivity contribution >= 4 is 21.6 Å². The molecule has 2 nitrogen and oxygen atoms in total. The van der Waals surface area contributed by atoms with E-state index in [0.717, 1.165) is 15.7 Å². The molecule has 21 heavy (non-hydrogen) atoms. The number of hydrogen-bond acceptors (Lipinski definition) is 2. The van der Waals surface area contributed by atoms with Crippen molar-refractivity contribution in [3.8, 4) is 6.07 Å². The monoisotopic (exact) mass is 342 g/mol. The van der Waals surface area contributed by atoms with Crippen LogP contribution in [0.2, 0.25) is 0 Å².